The molecule has 1 rings (SSSR count). The van der Waals surface area contributed by atoms with Gasteiger partial charge in [-0.2, -0.15) is 0 Å². The maximum atomic E-state index is 10.8. The molecule has 0 saturated carbocycles. The molecule has 0 aromatic heterocycles. The standard InChI is InChI=1S/C9H16O9/c10-2-4(12)6(13)5-1-3(11)7(14)9(17,18-5)8(15)16/h3-7,10-14,17H,1-2H2,(H,15,16)/t3-,4-,5+,6+,7+,9?/m0/s1. The van der Waals surface area contributed by atoms with Crippen LogP contribution in [-0.2, 0) is 9.53 Å². The Morgan fingerprint density at radius 2 is 1.94 bits per heavy atom. The van der Waals surface area contributed by atoms with Crippen molar-refractivity contribution < 1.29 is 45.3 Å². The molecule has 18 heavy (non-hydrogen) atoms. The minimum Gasteiger partial charge on any atom is -0.477 e. The predicted octanol–water partition coefficient (Wildman–Crippen LogP) is -4.02. The van der Waals surface area contributed by atoms with Crippen LogP contribution in [-0.4, -0.2) is 84.6 Å². The lowest BCUT2D eigenvalue weighted by molar-refractivity contribution is -0.326. The fraction of sp³-hybridized carbons (Fsp3) is 0.889. The third kappa shape index (κ3) is 2.62. The van der Waals surface area contributed by atoms with Crippen LogP contribution >= 0.6 is 0 Å². The Kier molecular flexibility index (Phi) is 4.61. The highest BCUT2D eigenvalue weighted by atomic mass is 16.7. The van der Waals surface area contributed by atoms with E-state index in [0.29, 0.717) is 0 Å². The van der Waals surface area contributed by atoms with Gasteiger partial charge in [0.2, 0.25) is 0 Å². The fourth-order valence-electron chi connectivity index (χ4n) is 1.72. The van der Waals surface area contributed by atoms with Crippen LogP contribution in [0.5, 0.6) is 0 Å². The molecule has 0 aromatic rings. The molecular formula is C9H16O9. The van der Waals surface area contributed by atoms with Crippen LogP contribution < -0.4 is 0 Å². The molecule has 1 heterocycles. The molecule has 0 amide bonds. The minimum atomic E-state index is -3.08. The monoisotopic (exact) mass is 268 g/mol. The summed E-state index contributed by atoms with van der Waals surface area (Å²) in [6, 6.07) is 0. The van der Waals surface area contributed by atoms with E-state index in [-0.39, 0.29) is 0 Å². The van der Waals surface area contributed by atoms with Crippen molar-refractivity contribution in [3.05, 3.63) is 0 Å². The van der Waals surface area contributed by atoms with Crippen molar-refractivity contribution in [3.8, 4) is 0 Å². The Morgan fingerprint density at radius 1 is 1.39 bits per heavy atom. The molecule has 9 heteroatoms. The molecule has 0 aliphatic carbocycles. The zero-order chi connectivity index (χ0) is 14.1. The number of aliphatic hydroxyl groups is 6. The van der Waals surface area contributed by atoms with Gasteiger partial charge in [0.15, 0.2) is 0 Å². The van der Waals surface area contributed by atoms with E-state index in [1.165, 1.54) is 0 Å². The smallest absolute Gasteiger partial charge is 0.367 e. The van der Waals surface area contributed by atoms with Crippen molar-refractivity contribution in [2.24, 2.45) is 0 Å². The van der Waals surface area contributed by atoms with Gasteiger partial charge in [-0.15, -0.1) is 0 Å². The van der Waals surface area contributed by atoms with Gasteiger partial charge < -0.3 is 40.5 Å². The Balaban J connectivity index is 2.90. The van der Waals surface area contributed by atoms with E-state index < -0.39 is 55.3 Å². The number of rotatable bonds is 4. The number of ether oxygens (including phenoxy) is 1. The molecule has 1 fully saturated rings. The Hall–Kier alpha value is -0.810. The van der Waals surface area contributed by atoms with Gasteiger partial charge in [0.25, 0.3) is 5.79 Å². The molecule has 0 aromatic carbocycles. The topological polar surface area (TPSA) is 168 Å². The first-order chi connectivity index (χ1) is 8.24. The molecule has 0 bridgehead atoms. The third-order valence-electron chi connectivity index (χ3n) is 2.84. The van der Waals surface area contributed by atoms with Crippen molar-refractivity contribution in [2.75, 3.05) is 6.61 Å². The number of aliphatic carboxylic acids is 1. The number of hydrogen-bond donors (Lipinski definition) is 7. The van der Waals surface area contributed by atoms with Crippen LogP contribution in [0.1, 0.15) is 6.42 Å². The van der Waals surface area contributed by atoms with Gasteiger partial charge in [-0.3, -0.25) is 0 Å². The van der Waals surface area contributed by atoms with Gasteiger partial charge in [-0.25, -0.2) is 4.79 Å². The molecule has 1 saturated heterocycles. The van der Waals surface area contributed by atoms with E-state index in [0.717, 1.165) is 0 Å². The minimum absolute atomic E-state index is 0.408. The van der Waals surface area contributed by atoms with E-state index >= 15 is 0 Å². The quantitative estimate of drug-likeness (QED) is 0.268. The first kappa shape index (κ1) is 15.2. The Morgan fingerprint density at radius 3 is 2.39 bits per heavy atom. The summed E-state index contributed by atoms with van der Waals surface area (Å²) < 4.78 is 4.63. The first-order valence-electron chi connectivity index (χ1n) is 5.20. The summed E-state index contributed by atoms with van der Waals surface area (Å²) in [4.78, 5) is 10.8. The van der Waals surface area contributed by atoms with E-state index in [2.05, 4.69) is 4.74 Å². The third-order valence-corrected chi connectivity index (χ3v) is 2.84. The van der Waals surface area contributed by atoms with E-state index in [4.69, 9.17) is 10.2 Å². The molecule has 6 atom stereocenters. The SMILES string of the molecule is O=C(O)C1(O)O[C@@H]([C@H](O)[C@@H](O)CO)C[C@H](O)[C@H]1O. The lowest BCUT2D eigenvalue weighted by Crippen LogP contribution is -2.64. The fourth-order valence-corrected chi connectivity index (χ4v) is 1.72. The largest absolute Gasteiger partial charge is 0.477 e. The van der Waals surface area contributed by atoms with Gasteiger partial charge >= 0.3 is 5.97 Å². The summed E-state index contributed by atoms with van der Waals surface area (Å²) in [6.07, 6.45) is -8.96. The van der Waals surface area contributed by atoms with E-state index in [1.54, 1.807) is 0 Å². The van der Waals surface area contributed by atoms with Crippen molar-refractivity contribution in [1.29, 1.82) is 0 Å². The van der Waals surface area contributed by atoms with Crippen LogP contribution in [0.3, 0.4) is 0 Å². The van der Waals surface area contributed by atoms with Crippen molar-refractivity contribution >= 4 is 5.97 Å². The van der Waals surface area contributed by atoms with Crippen molar-refractivity contribution in [3.63, 3.8) is 0 Å². The van der Waals surface area contributed by atoms with E-state index in [1.807, 2.05) is 0 Å². The van der Waals surface area contributed by atoms with Crippen molar-refractivity contribution in [1.82, 2.24) is 0 Å². The zero-order valence-corrected chi connectivity index (χ0v) is 9.25. The molecule has 9 nitrogen and oxygen atoms in total. The van der Waals surface area contributed by atoms with Gasteiger partial charge in [-0.05, 0) is 0 Å². The first-order valence-corrected chi connectivity index (χ1v) is 5.20. The average molecular weight is 268 g/mol. The second kappa shape index (κ2) is 5.45. The number of carboxylic acids is 1. The summed E-state index contributed by atoms with van der Waals surface area (Å²) in [6.45, 7) is -0.814. The molecule has 0 spiro atoms. The lowest BCUT2D eigenvalue weighted by Gasteiger charge is -2.42. The molecular weight excluding hydrogens is 252 g/mol. The van der Waals surface area contributed by atoms with Crippen LogP contribution in [0.15, 0.2) is 0 Å². The van der Waals surface area contributed by atoms with Crippen LogP contribution in [0.25, 0.3) is 0 Å². The summed E-state index contributed by atoms with van der Waals surface area (Å²) in [5.41, 5.74) is 0. The Labute approximate surface area is 101 Å². The van der Waals surface area contributed by atoms with Crippen molar-refractivity contribution in [2.45, 2.75) is 42.7 Å². The summed E-state index contributed by atoms with van der Waals surface area (Å²) in [7, 11) is 0. The second-order valence-electron chi connectivity index (χ2n) is 4.15. The molecule has 106 valence electrons. The molecule has 1 aliphatic heterocycles. The van der Waals surface area contributed by atoms with Gasteiger partial charge in [0, 0.05) is 6.42 Å². The number of carbonyl (C=O) groups is 1. The molecule has 7 N–H and O–H groups in total. The van der Waals surface area contributed by atoms with Crippen LogP contribution in [0, 0.1) is 0 Å². The lowest BCUT2D eigenvalue weighted by atomic mass is 9.91. The predicted molar refractivity (Wildman–Crippen MR) is 53.2 cm³/mol. The average Bonchev–Trinajstić information content (AvgIpc) is 2.33. The van der Waals surface area contributed by atoms with Crippen LogP contribution in [0.4, 0.5) is 0 Å². The van der Waals surface area contributed by atoms with Gasteiger partial charge in [0.1, 0.15) is 18.3 Å². The summed E-state index contributed by atoms with van der Waals surface area (Å²) >= 11 is 0. The second-order valence-corrected chi connectivity index (χ2v) is 4.15. The number of aliphatic hydroxyl groups excluding tert-OH is 5. The molecule has 1 unspecified atom stereocenters. The number of hydrogen-bond acceptors (Lipinski definition) is 8. The molecule has 0 radical (unpaired) electrons. The highest BCUT2D eigenvalue weighted by molar-refractivity contribution is 5.76. The van der Waals surface area contributed by atoms with Crippen LogP contribution in [0.2, 0.25) is 0 Å². The summed E-state index contributed by atoms with van der Waals surface area (Å²) in [5, 5.41) is 64.5. The number of carboxylic acid groups (broad SMARTS) is 1. The summed E-state index contributed by atoms with van der Waals surface area (Å²) in [5.74, 6) is -5.03. The van der Waals surface area contributed by atoms with Gasteiger partial charge in [0.05, 0.1) is 18.8 Å². The van der Waals surface area contributed by atoms with E-state index in [9.17, 15) is 30.3 Å². The maximum absolute atomic E-state index is 10.8. The highest BCUT2D eigenvalue weighted by Gasteiger charge is 2.55. The zero-order valence-electron chi connectivity index (χ0n) is 9.25. The normalized spacial score (nSPS) is 40.2. The van der Waals surface area contributed by atoms with Gasteiger partial charge in [-0.1, -0.05) is 0 Å². The maximum Gasteiger partial charge on any atom is 0.367 e. The molecule has 1 aliphatic rings. The highest BCUT2D eigenvalue weighted by Crippen LogP contribution is 2.30. The Bertz CT molecular complexity index is 308.